The smallest absolute Gasteiger partial charge is 0.219 e. The first-order chi connectivity index (χ1) is 8.15. The number of allylic oxidation sites excluding steroid dienone is 1. The van der Waals surface area contributed by atoms with E-state index in [0.29, 0.717) is 0 Å². The predicted molar refractivity (Wildman–Crippen MR) is 66.2 cm³/mol. The third kappa shape index (κ3) is 3.33. The zero-order valence-electron chi connectivity index (χ0n) is 10.3. The number of carbonyl (C=O) groups is 1. The summed E-state index contributed by atoms with van der Waals surface area (Å²) in [5.41, 5.74) is 5.75. The van der Waals surface area contributed by atoms with Gasteiger partial charge in [0.1, 0.15) is 11.9 Å². The normalized spacial score (nSPS) is 25.6. The zero-order chi connectivity index (χ0) is 12.3. The lowest BCUT2D eigenvalue weighted by Crippen LogP contribution is -2.39. The molecule has 0 bridgehead atoms. The van der Waals surface area contributed by atoms with Gasteiger partial charge in [-0.25, -0.2) is 0 Å². The molecule has 1 aliphatic carbocycles. The molecule has 2 aliphatic rings. The van der Waals surface area contributed by atoms with Crippen LogP contribution in [-0.4, -0.2) is 36.0 Å². The third-order valence-corrected chi connectivity index (χ3v) is 3.29. The highest BCUT2D eigenvalue weighted by molar-refractivity contribution is 5.73. The second-order valence-corrected chi connectivity index (χ2v) is 4.69. The van der Waals surface area contributed by atoms with E-state index in [-0.39, 0.29) is 18.1 Å². The minimum atomic E-state index is 0.127. The molecule has 1 atom stereocenters. The van der Waals surface area contributed by atoms with Gasteiger partial charge in [-0.2, -0.15) is 0 Å². The van der Waals surface area contributed by atoms with Crippen molar-refractivity contribution in [2.75, 3.05) is 13.1 Å². The molecule has 17 heavy (non-hydrogen) atoms. The van der Waals surface area contributed by atoms with E-state index >= 15 is 0 Å². The summed E-state index contributed by atoms with van der Waals surface area (Å²) in [5, 5.41) is 0. The average molecular weight is 236 g/mol. The molecule has 0 saturated carbocycles. The monoisotopic (exact) mass is 236 g/mol. The molecule has 1 unspecified atom stereocenters. The molecule has 2 rings (SSSR count). The van der Waals surface area contributed by atoms with Gasteiger partial charge < -0.3 is 15.4 Å². The summed E-state index contributed by atoms with van der Waals surface area (Å²) in [5.74, 6) is 1.08. The molecule has 4 nitrogen and oxygen atoms in total. The fraction of sp³-hybridized carbons (Fsp3) is 0.615. The van der Waals surface area contributed by atoms with E-state index in [9.17, 15) is 4.79 Å². The molecule has 0 aromatic heterocycles. The summed E-state index contributed by atoms with van der Waals surface area (Å²) in [6, 6.07) is 0.127. The molecule has 2 N–H and O–H groups in total. The van der Waals surface area contributed by atoms with Gasteiger partial charge in [0, 0.05) is 38.9 Å². The Kier molecular flexibility index (Phi) is 3.84. The van der Waals surface area contributed by atoms with Gasteiger partial charge in [-0.3, -0.25) is 4.79 Å². The van der Waals surface area contributed by atoms with Gasteiger partial charge in [-0.15, -0.1) is 0 Å². The van der Waals surface area contributed by atoms with Crippen molar-refractivity contribution < 1.29 is 9.53 Å². The number of likely N-dealkylation sites (tertiary alicyclic amines) is 1. The van der Waals surface area contributed by atoms with Gasteiger partial charge in [-0.1, -0.05) is 6.08 Å². The number of rotatable bonds is 2. The van der Waals surface area contributed by atoms with Gasteiger partial charge in [0.05, 0.1) is 0 Å². The summed E-state index contributed by atoms with van der Waals surface area (Å²) in [4.78, 5) is 13.1. The van der Waals surface area contributed by atoms with Crippen LogP contribution in [-0.2, 0) is 9.53 Å². The fourth-order valence-corrected chi connectivity index (χ4v) is 2.19. The Balaban J connectivity index is 1.79. The number of hydrogen-bond acceptors (Lipinski definition) is 3. The van der Waals surface area contributed by atoms with E-state index in [4.69, 9.17) is 10.5 Å². The van der Waals surface area contributed by atoms with E-state index in [1.165, 1.54) is 0 Å². The molecule has 1 saturated heterocycles. The van der Waals surface area contributed by atoms with Gasteiger partial charge in [-0.05, 0) is 18.6 Å². The minimum Gasteiger partial charge on any atom is -0.491 e. The largest absolute Gasteiger partial charge is 0.491 e. The van der Waals surface area contributed by atoms with Crippen LogP contribution in [0.1, 0.15) is 26.2 Å². The van der Waals surface area contributed by atoms with E-state index in [1.807, 2.05) is 23.1 Å². The Morgan fingerprint density at radius 2 is 2.18 bits per heavy atom. The molecule has 1 amide bonds. The van der Waals surface area contributed by atoms with Crippen LogP contribution >= 0.6 is 0 Å². The quantitative estimate of drug-likeness (QED) is 0.783. The van der Waals surface area contributed by atoms with Crippen molar-refractivity contribution in [1.82, 2.24) is 4.90 Å². The number of amides is 1. The Morgan fingerprint density at radius 3 is 2.71 bits per heavy atom. The number of hydrogen-bond donors (Lipinski definition) is 1. The second-order valence-electron chi connectivity index (χ2n) is 4.69. The molecule has 0 radical (unpaired) electrons. The van der Waals surface area contributed by atoms with Crippen molar-refractivity contribution in [3.63, 3.8) is 0 Å². The van der Waals surface area contributed by atoms with Crippen LogP contribution in [0.15, 0.2) is 24.0 Å². The molecule has 1 aliphatic heterocycles. The van der Waals surface area contributed by atoms with Crippen molar-refractivity contribution in [3.05, 3.63) is 24.0 Å². The highest BCUT2D eigenvalue weighted by atomic mass is 16.5. The predicted octanol–water partition coefficient (Wildman–Crippen LogP) is 1.19. The molecule has 4 heteroatoms. The average Bonchev–Trinajstić information content (AvgIpc) is 2.33. The van der Waals surface area contributed by atoms with Crippen molar-refractivity contribution in [2.24, 2.45) is 5.73 Å². The molecule has 94 valence electrons. The van der Waals surface area contributed by atoms with Gasteiger partial charge in [0.2, 0.25) is 5.91 Å². The SMILES string of the molecule is CC(=O)N1CCC(OC2=CCC(N)C=C2)CC1. The zero-order valence-corrected chi connectivity index (χ0v) is 10.3. The maximum absolute atomic E-state index is 11.2. The van der Waals surface area contributed by atoms with Crippen LogP contribution in [0.2, 0.25) is 0 Å². The molecular formula is C13H20N2O2. The summed E-state index contributed by atoms with van der Waals surface area (Å²) in [6.45, 7) is 3.22. The fourth-order valence-electron chi connectivity index (χ4n) is 2.19. The molecule has 1 heterocycles. The summed E-state index contributed by atoms with van der Waals surface area (Å²) >= 11 is 0. The first kappa shape index (κ1) is 12.2. The molecule has 0 spiro atoms. The Bertz CT molecular complexity index is 341. The Hall–Kier alpha value is -1.29. The van der Waals surface area contributed by atoms with Crippen LogP contribution in [0, 0.1) is 0 Å². The lowest BCUT2D eigenvalue weighted by Gasteiger charge is -2.32. The van der Waals surface area contributed by atoms with Crippen LogP contribution in [0.25, 0.3) is 0 Å². The Labute approximate surface area is 102 Å². The summed E-state index contributed by atoms with van der Waals surface area (Å²) < 4.78 is 5.89. The van der Waals surface area contributed by atoms with E-state index in [2.05, 4.69) is 0 Å². The van der Waals surface area contributed by atoms with Crippen LogP contribution in [0.4, 0.5) is 0 Å². The third-order valence-electron chi connectivity index (χ3n) is 3.29. The van der Waals surface area contributed by atoms with Gasteiger partial charge >= 0.3 is 0 Å². The molecular weight excluding hydrogens is 216 g/mol. The second kappa shape index (κ2) is 5.36. The van der Waals surface area contributed by atoms with Crippen LogP contribution < -0.4 is 5.73 Å². The standard InChI is InChI=1S/C13H20N2O2/c1-10(16)15-8-6-13(7-9-15)17-12-4-2-11(14)3-5-12/h2,4-5,11,13H,3,6-9,14H2,1H3. The molecule has 1 fully saturated rings. The lowest BCUT2D eigenvalue weighted by atomic mass is 10.1. The van der Waals surface area contributed by atoms with E-state index in [0.717, 1.165) is 38.1 Å². The maximum Gasteiger partial charge on any atom is 0.219 e. The number of carbonyl (C=O) groups excluding carboxylic acids is 1. The molecule has 0 aromatic rings. The molecule has 0 aromatic carbocycles. The summed E-state index contributed by atoms with van der Waals surface area (Å²) in [6.07, 6.45) is 8.87. The first-order valence-electron chi connectivity index (χ1n) is 6.21. The van der Waals surface area contributed by atoms with Crippen molar-refractivity contribution in [2.45, 2.75) is 38.3 Å². The van der Waals surface area contributed by atoms with Crippen molar-refractivity contribution in [3.8, 4) is 0 Å². The van der Waals surface area contributed by atoms with Crippen LogP contribution in [0.5, 0.6) is 0 Å². The number of nitrogens with zero attached hydrogens (tertiary/aromatic N) is 1. The minimum absolute atomic E-state index is 0.127. The number of nitrogens with two attached hydrogens (primary N) is 1. The van der Waals surface area contributed by atoms with E-state index in [1.54, 1.807) is 6.92 Å². The van der Waals surface area contributed by atoms with Gasteiger partial charge in [0.25, 0.3) is 0 Å². The lowest BCUT2D eigenvalue weighted by molar-refractivity contribution is -0.130. The Morgan fingerprint density at radius 1 is 1.47 bits per heavy atom. The number of ether oxygens (including phenoxy) is 1. The van der Waals surface area contributed by atoms with Crippen molar-refractivity contribution in [1.29, 1.82) is 0 Å². The van der Waals surface area contributed by atoms with Crippen molar-refractivity contribution >= 4 is 5.91 Å². The highest BCUT2D eigenvalue weighted by Gasteiger charge is 2.22. The van der Waals surface area contributed by atoms with Crippen LogP contribution in [0.3, 0.4) is 0 Å². The van der Waals surface area contributed by atoms with Gasteiger partial charge in [0.15, 0.2) is 0 Å². The highest BCUT2D eigenvalue weighted by Crippen LogP contribution is 2.19. The first-order valence-corrected chi connectivity index (χ1v) is 6.21. The maximum atomic E-state index is 11.2. The van der Waals surface area contributed by atoms with E-state index < -0.39 is 0 Å². The topological polar surface area (TPSA) is 55.6 Å². The number of piperidine rings is 1. The summed E-state index contributed by atoms with van der Waals surface area (Å²) in [7, 11) is 0.